The molecular formula is C23H28. The molecule has 23 heavy (non-hydrogen) atoms. The van der Waals surface area contributed by atoms with Crippen LogP contribution in [0.25, 0.3) is 35.1 Å². The van der Waals surface area contributed by atoms with Gasteiger partial charge in [-0.05, 0) is 63.0 Å². The Bertz CT molecular complexity index is 817. The maximum atomic E-state index is 3.88. The molecule has 2 aromatic carbocycles. The SMILES string of the molecule is C=Cc1cc2cc3c(cc2cc1C=C)=CCC=CC=3.CC.CC. The Morgan fingerprint density at radius 1 is 0.783 bits per heavy atom. The third kappa shape index (κ3) is 4.32. The van der Waals surface area contributed by atoms with Crippen molar-refractivity contribution in [3.05, 3.63) is 71.1 Å². The predicted octanol–water partition coefficient (Wildman–Crippen LogP) is 5.70. The lowest BCUT2D eigenvalue weighted by molar-refractivity contribution is 1.47. The van der Waals surface area contributed by atoms with E-state index in [2.05, 4.69) is 61.7 Å². The second kappa shape index (κ2) is 9.63. The number of rotatable bonds is 2. The van der Waals surface area contributed by atoms with Crippen LogP contribution in [-0.4, -0.2) is 0 Å². The molecule has 1 aliphatic rings. The van der Waals surface area contributed by atoms with Gasteiger partial charge in [-0.2, -0.15) is 0 Å². The van der Waals surface area contributed by atoms with Gasteiger partial charge in [-0.3, -0.25) is 0 Å². The molecule has 3 rings (SSSR count). The molecule has 0 heterocycles. The van der Waals surface area contributed by atoms with E-state index in [4.69, 9.17) is 0 Å². The van der Waals surface area contributed by atoms with Crippen LogP contribution < -0.4 is 10.4 Å². The van der Waals surface area contributed by atoms with Crippen molar-refractivity contribution in [2.24, 2.45) is 0 Å². The van der Waals surface area contributed by atoms with E-state index in [0.29, 0.717) is 0 Å². The Balaban J connectivity index is 0.000000615. The average molecular weight is 304 g/mol. The molecule has 0 unspecified atom stereocenters. The van der Waals surface area contributed by atoms with Gasteiger partial charge in [-0.25, -0.2) is 0 Å². The molecule has 0 fully saturated rings. The van der Waals surface area contributed by atoms with Crippen molar-refractivity contribution in [2.75, 3.05) is 0 Å². The van der Waals surface area contributed by atoms with Gasteiger partial charge in [0.2, 0.25) is 0 Å². The van der Waals surface area contributed by atoms with Crippen LogP contribution in [0, 0.1) is 0 Å². The summed E-state index contributed by atoms with van der Waals surface area (Å²) in [7, 11) is 0. The summed E-state index contributed by atoms with van der Waals surface area (Å²) in [5.74, 6) is 0. The van der Waals surface area contributed by atoms with Crippen molar-refractivity contribution in [1.29, 1.82) is 0 Å². The summed E-state index contributed by atoms with van der Waals surface area (Å²) in [5, 5.41) is 5.09. The summed E-state index contributed by atoms with van der Waals surface area (Å²) in [6.07, 6.45) is 13.5. The van der Waals surface area contributed by atoms with Crippen LogP contribution in [0.15, 0.2) is 49.6 Å². The van der Waals surface area contributed by atoms with Gasteiger partial charge in [0.15, 0.2) is 0 Å². The number of allylic oxidation sites excluding steroid dienone is 2. The monoisotopic (exact) mass is 304 g/mol. The highest BCUT2D eigenvalue weighted by molar-refractivity contribution is 5.88. The molecule has 0 saturated heterocycles. The fourth-order valence-corrected chi connectivity index (χ4v) is 2.54. The van der Waals surface area contributed by atoms with Gasteiger partial charge in [0.25, 0.3) is 0 Å². The van der Waals surface area contributed by atoms with E-state index in [1.165, 1.54) is 21.2 Å². The Hall–Kier alpha value is -2.34. The summed E-state index contributed by atoms with van der Waals surface area (Å²) >= 11 is 0. The molecule has 2 aromatic rings. The summed E-state index contributed by atoms with van der Waals surface area (Å²) < 4.78 is 0. The quantitative estimate of drug-likeness (QED) is 0.667. The number of hydrogen-bond acceptors (Lipinski definition) is 0. The maximum absolute atomic E-state index is 3.88. The van der Waals surface area contributed by atoms with Crippen molar-refractivity contribution in [3.63, 3.8) is 0 Å². The van der Waals surface area contributed by atoms with E-state index in [9.17, 15) is 0 Å². The molecule has 0 amide bonds. The summed E-state index contributed by atoms with van der Waals surface area (Å²) in [6.45, 7) is 15.8. The van der Waals surface area contributed by atoms with Crippen LogP contribution in [-0.2, 0) is 0 Å². The molecule has 0 radical (unpaired) electrons. The first kappa shape index (κ1) is 18.7. The van der Waals surface area contributed by atoms with Crippen LogP contribution in [0.2, 0.25) is 0 Å². The highest BCUT2D eigenvalue weighted by atomic mass is 14.1. The van der Waals surface area contributed by atoms with Gasteiger partial charge in [0, 0.05) is 0 Å². The second-order valence-corrected chi connectivity index (χ2v) is 4.75. The lowest BCUT2D eigenvalue weighted by atomic mass is 9.99. The molecule has 0 aliphatic heterocycles. The second-order valence-electron chi connectivity index (χ2n) is 4.75. The van der Waals surface area contributed by atoms with Crippen LogP contribution >= 0.6 is 0 Å². The number of benzene rings is 2. The molecule has 0 nitrogen and oxygen atoms in total. The van der Waals surface area contributed by atoms with Crippen LogP contribution in [0.1, 0.15) is 45.2 Å². The van der Waals surface area contributed by atoms with Crippen LogP contribution in [0.5, 0.6) is 0 Å². The molecule has 0 bridgehead atoms. The molecule has 0 spiro atoms. The summed E-state index contributed by atoms with van der Waals surface area (Å²) in [6, 6.07) is 8.87. The average Bonchev–Trinajstić information content (AvgIpc) is 2.86. The molecule has 0 aromatic heterocycles. The van der Waals surface area contributed by atoms with Gasteiger partial charge >= 0.3 is 0 Å². The van der Waals surface area contributed by atoms with Crippen molar-refractivity contribution >= 4 is 35.1 Å². The predicted molar refractivity (Wildman–Crippen MR) is 109 cm³/mol. The third-order valence-corrected chi connectivity index (χ3v) is 3.57. The summed E-state index contributed by atoms with van der Waals surface area (Å²) in [5.41, 5.74) is 2.27. The van der Waals surface area contributed by atoms with Gasteiger partial charge in [-0.1, -0.05) is 77.3 Å². The van der Waals surface area contributed by atoms with E-state index in [-0.39, 0.29) is 0 Å². The first-order valence-electron chi connectivity index (χ1n) is 8.51. The zero-order valence-electron chi connectivity index (χ0n) is 14.9. The van der Waals surface area contributed by atoms with Crippen molar-refractivity contribution in [1.82, 2.24) is 0 Å². The normalized spacial score (nSPS) is 11.3. The molecule has 1 aliphatic carbocycles. The smallest absolute Gasteiger partial charge is 0.0157 e. The molecule has 0 atom stereocenters. The molecule has 120 valence electrons. The Labute approximate surface area is 140 Å². The molecule has 0 N–H and O–H groups in total. The van der Waals surface area contributed by atoms with E-state index in [0.717, 1.165) is 17.5 Å². The standard InChI is InChI=1S/C19H16.2C2H6/c1-3-14-10-18-12-16-8-6-5-7-9-17(16)13-19(18)11-15(14)4-2;2*1-2/h3-6,8-13H,1-2,7H2;2*1-2H3. The zero-order valence-corrected chi connectivity index (χ0v) is 14.9. The van der Waals surface area contributed by atoms with Gasteiger partial charge < -0.3 is 0 Å². The van der Waals surface area contributed by atoms with Crippen LogP contribution in [0.4, 0.5) is 0 Å². The molecular weight excluding hydrogens is 276 g/mol. The fourth-order valence-electron chi connectivity index (χ4n) is 2.54. The number of fused-ring (bicyclic) bond motifs is 2. The van der Waals surface area contributed by atoms with Gasteiger partial charge in [0.05, 0.1) is 0 Å². The lowest BCUT2D eigenvalue weighted by Gasteiger charge is -2.05. The Morgan fingerprint density at radius 3 is 1.83 bits per heavy atom. The summed E-state index contributed by atoms with van der Waals surface area (Å²) in [4.78, 5) is 0. The minimum absolute atomic E-state index is 0.994. The molecule has 0 saturated carbocycles. The molecule has 0 heteroatoms. The van der Waals surface area contributed by atoms with Gasteiger partial charge in [-0.15, -0.1) is 0 Å². The maximum Gasteiger partial charge on any atom is -0.0157 e. The lowest BCUT2D eigenvalue weighted by Crippen LogP contribution is -2.23. The van der Waals surface area contributed by atoms with Crippen LogP contribution in [0.3, 0.4) is 0 Å². The fraction of sp³-hybridized carbons (Fsp3) is 0.217. The Morgan fingerprint density at radius 2 is 1.30 bits per heavy atom. The minimum Gasteiger partial charge on any atom is -0.0984 e. The number of hydrogen-bond donors (Lipinski definition) is 0. The third-order valence-electron chi connectivity index (χ3n) is 3.57. The first-order valence-corrected chi connectivity index (χ1v) is 8.51. The highest BCUT2D eigenvalue weighted by Gasteiger charge is 2.01. The Kier molecular flexibility index (Phi) is 7.83. The van der Waals surface area contributed by atoms with Crippen molar-refractivity contribution in [3.8, 4) is 0 Å². The van der Waals surface area contributed by atoms with Crippen molar-refractivity contribution < 1.29 is 0 Å². The van der Waals surface area contributed by atoms with Crippen molar-refractivity contribution in [2.45, 2.75) is 34.1 Å². The van der Waals surface area contributed by atoms with Gasteiger partial charge in [0.1, 0.15) is 0 Å². The topological polar surface area (TPSA) is 0 Å². The van der Waals surface area contributed by atoms with E-state index >= 15 is 0 Å². The zero-order chi connectivity index (χ0) is 17.2. The minimum atomic E-state index is 0.994. The van der Waals surface area contributed by atoms with E-state index in [1.54, 1.807) is 0 Å². The van der Waals surface area contributed by atoms with E-state index < -0.39 is 0 Å². The highest BCUT2D eigenvalue weighted by Crippen LogP contribution is 2.20. The van der Waals surface area contributed by atoms with E-state index in [1.807, 2.05) is 39.8 Å². The first-order chi connectivity index (χ1) is 11.3. The largest absolute Gasteiger partial charge is 0.0984 e.